The molecule has 7 nitrogen and oxygen atoms in total. The highest BCUT2D eigenvalue weighted by Crippen LogP contribution is 2.38. The second-order valence-electron chi connectivity index (χ2n) is 11.3. The lowest BCUT2D eigenvalue weighted by molar-refractivity contribution is -0.160. The number of phenols is 1. The van der Waals surface area contributed by atoms with Crippen molar-refractivity contribution >= 4 is 21.7 Å². The van der Waals surface area contributed by atoms with Crippen molar-refractivity contribution < 1.29 is 28.2 Å². The Bertz CT molecular complexity index is 1670. The summed E-state index contributed by atoms with van der Waals surface area (Å²) in [6, 6.07) is 32.9. The number of hydrogen-bond donors (Lipinski definition) is 3. The van der Waals surface area contributed by atoms with Crippen LogP contribution in [0.2, 0.25) is 0 Å². The maximum absolute atomic E-state index is 13.3. The number of carbonyl (C=O) groups is 1. The molecule has 5 rings (SSSR count). The molecule has 0 amide bonds. The van der Waals surface area contributed by atoms with E-state index in [0.29, 0.717) is 43.4 Å². The van der Waals surface area contributed by atoms with E-state index in [1.165, 1.54) is 12.1 Å². The Balaban J connectivity index is 1.24. The highest BCUT2D eigenvalue weighted by atomic mass is 32.2. The Labute approximate surface area is 258 Å². The van der Waals surface area contributed by atoms with Gasteiger partial charge in [0.2, 0.25) is 0 Å². The summed E-state index contributed by atoms with van der Waals surface area (Å²) in [5, 5.41) is 21.1. The zero-order valence-corrected chi connectivity index (χ0v) is 25.3. The fraction of sp³-hybridized carbons (Fsp3) is 0.250. The number of nitrogens with one attached hydrogen (secondary N) is 1. The van der Waals surface area contributed by atoms with Crippen LogP contribution < -0.4 is 4.72 Å². The molecule has 3 N–H and O–H groups in total. The van der Waals surface area contributed by atoms with Crippen LogP contribution >= 0.6 is 0 Å². The first-order valence-electron chi connectivity index (χ1n) is 14.8. The van der Waals surface area contributed by atoms with Crippen LogP contribution in [0.5, 0.6) is 5.75 Å². The number of esters is 1. The van der Waals surface area contributed by atoms with E-state index in [0.717, 1.165) is 29.5 Å². The predicted octanol–water partition coefficient (Wildman–Crippen LogP) is 7.28. The number of aryl methyl sites for hydroxylation is 3. The number of anilines is 1. The standard InChI is InChI=1S/C36H37NO6S/c38-32-19-7-8-20-34(32)44(41,42)37-30-17-9-15-29(25-30)16-10-18-31-33(39)26-36(43-35(31)40,23-21-27-11-3-1-4-12-27)24-22-28-13-5-2-6-14-28/h1-9,11-15,17,19-20,25,37-39H,10,16,18,21-24,26H2. The third kappa shape index (κ3) is 7.88. The van der Waals surface area contributed by atoms with E-state index in [1.807, 2.05) is 42.5 Å². The number of sulfonamides is 1. The summed E-state index contributed by atoms with van der Waals surface area (Å²) < 4.78 is 34.2. The predicted molar refractivity (Wildman–Crippen MR) is 171 cm³/mol. The number of phenolic OH excluding ortho intramolecular Hbond substituents is 1. The van der Waals surface area contributed by atoms with Crippen molar-refractivity contribution in [1.82, 2.24) is 0 Å². The number of aliphatic hydroxyl groups is 1. The molecule has 4 aromatic rings. The first-order valence-corrected chi connectivity index (χ1v) is 16.3. The molecule has 0 atom stereocenters. The van der Waals surface area contributed by atoms with Gasteiger partial charge in [-0.25, -0.2) is 13.2 Å². The van der Waals surface area contributed by atoms with Gasteiger partial charge in [0, 0.05) is 12.1 Å². The van der Waals surface area contributed by atoms with Gasteiger partial charge in [-0.2, -0.15) is 0 Å². The van der Waals surface area contributed by atoms with Crippen molar-refractivity contribution in [3.63, 3.8) is 0 Å². The molecule has 44 heavy (non-hydrogen) atoms. The number of benzene rings is 4. The quantitative estimate of drug-likeness (QED) is 0.137. The van der Waals surface area contributed by atoms with Crippen LogP contribution in [0.3, 0.4) is 0 Å². The Morgan fingerprint density at radius 1 is 0.705 bits per heavy atom. The monoisotopic (exact) mass is 611 g/mol. The van der Waals surface area contributed by atoms with E-state index in [4.69, 9.17) is 4.74 Å². The van der Waals surface area contributed by atoms with E-state index < -0.39 is 21.6 Å². The third-order valence-electron chi connectivity index (χ3n) is 8.04. The number of cyclic esters (lactones) is 1. The molecule has 1 aliphatic heterocycles. The van der Waals surface area contributed by atoms with Crippen molar-refractivity contribution in [3.05, 3.63) is 137 Å². The van der Waals surface area contributed by atoms with Gasteiger partial charge >= 0.3 is 5.97 Å². The molecule has 228 valence electrons. The first-order chi connectivity index (χ1) is 21.2. The summed E-state index contributed by atoms with van der Waals surface area (Å²) in [4.78, 5) is 13.1. The second-order valence-corrected chi connectivity index (χ2v) is 12.9. The molecule has 0 aliphatic carbocycles. The molecular weight excluding hydrogens is 574 g/mol. The summed E-state index contributed by atoms with van der Waals surface area (Å²) in [5.74, 6) is -0.710. The van der Waals surface area contributed by atoms with Crippen LogP contribution in [-0.2, 0) is 38.8 Å². The van der Waals surface area contributed by atoms with Crippen LogP contribution in [-0.4, -0.2) is 30.2 Å². The van der Waals surface area contributed by atoms with Gasteiger partial charge in [0.05, 0.1) is 5.57 Å². The van der Waals surface area contributed by atoms with Crippen molar-refractivity contribution in [2.24, 2.45) is 0 Å². The summed E-state index contributed by atoms with van der Waals surface area (Å²) in [6.45, 7) is 0. The van der Waals surface area contributed by atoms with Gasteiger partial charge in [-0.05, 0) is 85.9 Å². The molecule has 1 aliphatic rings. The topological polar surface area (TPSA) is 113 Å². The number of aromatic hydroxyl groups is 1. The maximum atomic E-state index is 13.3. The summed E-state index contributed by atoms with van der Waals surface area (Å²) in [7, 11) is -3.97. The zero-order chi connectivity index (χ0) is 31.0. The lowest BCUT2D eigenvalue weighted by Gasteiger charge is -2.37. The van der Waals surface area contributed by atoms with Gasteiger partial charge in [0.1, 0.15) is 22.0 Å². The SMILES string of the molecule is O=C1OC(CCc2ccccc2)(CCc2ccccc2)CC(O)=C1CCCc1cccc(NS(=O)(=O)c2ccccc2O)c1. The van der Waals surface area contributed by atoms with E-state index in [2.05, 4.69) is 29.0 Å². The Kier molecular flexibility index (Phi) is 9.70. The Hall–Kier alpha value is -4.56. The van der Waals surface area contributed by atoms with Crippen LogP contribution in [0, 0.1) is 0 Å². The summed E-state index contributed by atoms with van der Waals surface area (Å²) in [6.07, 6.45) is 4.41. The number of ether oxygens (including phenoxy) is 1. The van der Waals surface area contributed by atoms with Crippen LogP contribution in [0.4, 0.5) is 5.69 Å². The largest absolute Gasteiger partial charge is 0.512 e. The van der Waals surface area contributed by atoms with E-state index >= 15 is 0 Å². The molecule has 0 saturated carbocycles. The van der Waals surface area contributed by atoms with Gasteiger partial charge < -0.3 is 14.9 Å². The van der Waals surface area contributed by atoms with Crippen LogP contribution in [0.1, 0.15) is 48.8 Å². The van der Waals surface area contributed by atoms with Gasteiger partial charge in [-0.1, -0.05) is 84.9 Å². The van der Waals surface area contributed by atoms with Gasteiger partial charge in [-0.15, -0.1) is 0 Å². The number of rotatable bonds is 13. The molecule has 0 bridgehead atoms. The molecule has 0 radical (unpaired) electrons. The molecule has 8 heteroatoms. The average molecular weight is 612 g/mol. The van der Waals surface area contributed by atoms with Crippen LogP contribution in [0.15, 0.2) is 125 Å². The number of carbonyl (C=O) groups excluding carboxylic acids is 1. The van der Waals surface area contributed by atoms with E-state index in [-0.39, 0.29) is 22.8 Å². The van der Waals surface area contributed by atoms with Crippen LogP contribution in [0.25, 0.3) is 0 Å². The lowest BCUT2D eigenvalue weighted by atomic mass is 9.82. The minimum atomic E-state index is -3.97. The van der Waals surface area contributed by atoms with E-state index in [9.17, 15) is 23.4 Å². The number of hydrogen-bond acceptors (Lipinski definition) is 6. The Morgan fingerprint density at radius 3 is 1.91 bits per heavy atom. The molecule has 0 aromatic heterocycles. The summed E-state index contributed by atoms with van der Waals surface area (Å²) in [5.41, 5.74) is 3.05. The number of aliphatic hydroxyl groups excluding tert-OH is 1. The van der Waals surface area contributed by atoms with Gasteiger partial charge in [0.15, 0.2) is 0 Å². The van der Waals surface area contributed by atoms with E-state index in [1.54, 1.807) is 30.3 Å². The molecule has 1 heterocycles. The lowest BCUT2D eigenvalue weighted by Crippen LogP contribution is -2.41. The minimum Gasteiger partial charge on any atom is -0.512 e. The summed E-state index contributed by atoms with van der Waals surface area (Å²) >= 11 is 0. The number of para-hydroxylation sites is 1. The van der Waals surface area contributed by atoms with Gasteiger partial charge in [-0.3, -0.25) is 4.72 Å². The minimum absolute atomic E-state index is 0.0894. The smallest absolute Gasteiger partial charge is 0.337 e. The average Bonchev–Trinajstić information content (AvgIpc) is 3.02. The fourth-order valence-electron chi connectivity index (χ4n) is 5.66. The van der Waals surface area contributed by atoms with Crippen molar-refractivity contribution in [3.8, 4) is 5.75 Å². The normalized spacial score (nSPS) is 14.7. The molecular formula is C36H37NO6S. The fourth-order valence-corrected chi connectivity index (χ4v) is 6.81. The highest BCUT2D eigenvalue weighted by molar-refractivity contribution is 7.92. The van der Waals surface area contributed by atoms with Crippen molar-refractivity contribution in [2.45, 2.75) is 61.9 Å². The second kappa shape index (κ2) is 13.8. The highest BCUT2D eigenvalue weighted by Gasteiger charge is 2.41. The molecule has 0 fully saturated rings. The molecule has 0 spiro atoms. The van der Waals surface area contributed by atoms with Crippen molar-refractivity contribution in [2.75, 3.05) is 4.72 Å². The molecule has 0 unspecified atom stereocenters. The van der Waals surface area contributed by atoms with Gasteiger partial charge in [0.25, 0.3) is 10.0 Å². The Morgan fingerprint density at radius 2 is 1.30 bits per heavy atom. The molecule has 0 saturated heterocycles. The van der Waals surface area contributed by atoms with Crippen molar-refractivity contribution in [1.29, 1.82) is 0 Å². The molecule has 4 aromatic carbocycles. The third-order valence-corrected chi connectivity index (χ3v) is 9.47. The first kappa shape index (κ1) is 30.9. The zero-order valence-electron chi connectivity index (χ0n) is 24.5. The maximum Gasteiger partial charge on any atom is 0.337 e.